The van der Waals surface area contributed by atoms with Crippen molar-refractivity contribution >= 4 is 5.97 Å². The minimum absolute atomic E-state index is 4.05. The standard InChI is InChI=1S/C6HF11O2/c7-2(8,1(18)19)4(10,11)3(9,5(12,13)14)6(15,16)17/h(H,18,19). The summed E-state index contributed by atoms with van der Waals surface area (Å²) in [5, 5.41) is 7.54. The molecule has 2 nitrogen and oxygen atoms in total. The van der Waals surface area contributed by atoms with Gasteiger partial charge in [-0.15, -0.1) is 0 Å². The summed E-state index contributed by atoms with van der Waals surface area (Å²) in [6.45, 7) is 0. The van der Waals surface area contributed by atoms with E-state index in [4.69, 9.17) is 5.11 Å². The number of carboxylic acids is 1. The van der Waals surface area contributed by atoms with Crippen LogP contribution in [0.25, 0.3) is 0 Å². The average molecular weight is 314 g/mol. The molecule has 0 heterocycles. The smallest absolute Gasteiger partial charge is 0.438 e. The summed E-state index contributed by atoms with van der Waals surface area (Å²) < 4.78 is 133. The van der Waals surface area contributed by atoms with Crippen LogP contribution >= 0.6 is 0 Å². The summed E-state index contributed by atoms with van der Waals surface area (Å²) in [4.78, 5) is 9.64. The fourth-order valence-corrected chi connectivity index (χ4v) is 0.867. The molecule has 0 spiro atoms. The molecule has 114 valence electrons. The molecule has 0 aliphatic carbocycles. The molecule has 0 atom stereocenters. The van der Waals surface area contributed by atoms with Gasteiger partial charge in [0.25, 0.3) is 0 Å². The van der Waals surface area contributed by atoms with E-state index in [9.17, 15) is 53.1 Å². The Morgan fingerprint density at radius 1 is 0.684 bits per heavy atom. The van der Waals surface area contributed by atoms with Crippen LogP contribution in [0, 0.1) is 0 Å². The number of hydrogen-bond donors (Lipinski definition) is 1. The van der Waals surface area contributed by atoms with Crippen molar-refractivity contribution in [3.63, 3.8) is 0 Å². The summed E-state index contributed by atoms with van der Waals surface area (Å²) in [7, 11) is 0. The summed E-state index contributed by atoms with van der Waals surface area (Å²) in [5.41, 5.74) is -7.73. The molecule has 0 aliphatic rings. The van der Waals surface area contributed by atoms with Gasteiger partial charge in [-0.25, -0.2) is 9.18 Å². The van der Waals surface area contributed by atoms with Crippen LogP contribution in [0.1, 0.15) is 0 Å². The number of hydrogen-bond acceptors (Lipinski definition) is 1. The topological polar surface area (TPSA) is 37.3 Å². The first-order valence-electron chi connectivity index (χ1n) is 3.76. The van der Waals surface area contributed by atoms with Crippen molar-refractivity contribution in [2.45, 2.75) is 29.9 Å². The summed E-state index contributed by atoms with van der Waals surface area (Å²) >= 11 is 0. The third-order valence-electron chi connectivity index (χ3n) is 1.88. The molecule has 0 aliphatic heterocycles. The molecule has 13 heteroatoms. The van der Waals surface area contributed by atoms with Gasteiger partial charge >= 0.3 is 35.8 Å². The van der Waals surface area contributed by atoms with Gasteiger partial charge in [0.15, 0.2) is 0 Å². The third-order valence-corrected chi connectivity index (χ3v) is 1.88. The highest BCUT2D eigenvalue weighted by atomic mass is 19.4. The fraction of sp³-hybridized carbons (Fsp3) is 0.833. The predicted octanol–water partition coefficient (Wildman–Crippen LogP) is 3.17. The minimum Gasteiger partial charge on any atom is -0.477 e. The Morgan fingerprint density at radius 3 is 1.11 bits per heavy atom. The first-order valence-corrected chi connectivity index (χ1v) is 3.76. The van der Waals surface area contributed by atoms with Gasteiger partial charge in [-0.1, -0.05) is 0 Å². The highest BCUT2D eigenvalue weighted by Gasteiger charge is 2.91. The zero-order valence-corrected chi connectivity index (χ0v) is 8.01. The lowest BCUT2D eigenvalue weighted by Gasteiger charge is -2.37. The molecule has 0 amide bonds. The number of alkyl halides is 11. The second-order valence-electron chi connectivity index (χ2n) is 3.11. The molecule has 0 bridgehead atoms. The van der Waals surface area contributed by atoms with Crippen LogP contribution in [-0.4, -0.2) is 40.9 Å². The van der Waals surface area contributed by atoms with E-state index in [0.717, 1.165) is 0 Å². The normalized spacial score (nSPS) is 15.5. The molecule has 19 heavy (non-hydrogen) atoms. The van der Waals surface area contributed by atoms with Crippen LogP contribution in [-0.2, 0) is 4.79 Å². The lowest BCUT2D eigenvalue weighted by molar-refractivity contribution is -0.421. The van der Waals surface area contributed by atoms with Crippen molar-refractivity contribution in [3.8, 4) is 0 Å². The quantitative estimate of drug-likeness (QED) is 0.813. The van der Waals surface area contributed by atoms with Gasteiger partial charge in [-0.2, -0.15) is 43.9 Å². The van der Waals surface area contributed by atoms with Crippen molar-refractivity contribution in [3.05, 3.63) is 0 Å². The van der Waals surface area contributed by atoms with Crippen molar-refractivity contribution in [2.24, 2.45) is 0 Å². The maximum absolute atomic E-state index is 12.7. The van der Waals surface area contributed by atoms with E-state index < -0.39 is 35.8 Å². The molecular formula is C6HF11O2. The second-order valence-corrected chi connectivity index (χ2v) is 3.11. The van der Waals surface area contributed by atoms with Gasteiger partial charge < -0.3 is 5.11 Å². The number of carboxylic acid groups (broad SMARTS) is 1. The average Bonchev–Trinajstić information content (AvgIpc) is 2.11. The van der Waals surface area contributed by atoms with Crippen molar-refractivity contribution in [1.29, 1.82) is 0 Å². The van der Waals surface area contributed by atoms with Gasteiger partial charge in [-0.05, 0) is 0 Å². The monoisotopic (exact) mass is 314 g/mol. The molecule has 0 radical (unpaired) electrons. The Kier molecular flexibility index (Phi) is 3.82. The van der Waals surface area contributed by atoms with E-state index >= 15 is 0 Å². The van der Waals surface area contributed by atoms with Crippen LogP contribution in [0.15, 0.2) is 0 Å². The maximum Gasteiger partial charge on any atom is 0.438 e. The van der Waals surface area contributed by atoms with Gasteiger partial charge in [0.2, 0.25) is 0 Å². The van der Waals surface area contributed by atoms with Crippen molar-refractivity contribution in [1.82, 2.24) is 0 Å². The van der Waals surface area contributed by atoms with Crippen LogP contribution in [0.3, 0.4) is 0 Å². The van der Waals surface area contributed by atoms with Crippen molar-refractivity contribution < 1.29 is 58.2 Å². The van der Waals surface area contributed by atoms with E-state index in [1.807, 2.05) is 0 Å². The van der Waals surface area contributed by atoms with Gasteiger partial charge in [0, 0.05) is 0 Å². The summed E-state index contributed by atoms with van der Waals surface area (Å²) in [6.07, 6.45) is -15.0. The molecule has 0 aromatic rings. The van der Waals surface area contributed by atoms with Crippen LogP contribution in [0.4, 0.5) is 48.3 Å². The lowest BCUT2D eigenvalue weighted by atomic mass is 9.91. The van der Waals surface area contributed by atoms with Gasteiger partial charge in [0.1, 0.15) is 0 Å². The summed E-state index contributed by atoms with van der Waals surface area (Å²) in [5.74, 6) is -18.6. The Bertz CT molecular complexity index is 350. The number of aliphatic carboxylic acids is 1. The Balaban J connectivity index is 6.29. The van der Waals surface area contributed by atoms with Gasteiger partial charge in [0.05, 0.1) is 0 Å². The van der Waals surface area contributed by atoms with Crippen LogP contribution < -0.4 is 0 Å². The van der Waals surface area contributed by atoms with E-state index in [2.05, 4.69) is 0 Å². The molecule has 0 fully saturated rings. The molecule has 0 saturated heterocycles. The highest BCUT2D eigenvalue weighted by Crippen LogP contribution is 2.59. The van der Waals surface area contributed by atoms with Crippen LogP contribution in [0.2, 0.25) is 0 Å². The van der Waals surface area contributed by atoms with Gasteiger partial charge in [-0.3, -0.25) is 0 Å². The largest absolute Gasteiger partial charge is 0.477 e. The first-order chi connectivity index (χ1) is 7.94. The molecule has 0 unspecified atom stereocenters. The molecule has 0 aromatic carbocycles. The van der Waals surface area contributed by atoms with E-state index in [-0.39, 0.29) is 0 Å². The Labute approximate surface area is 95.3 Å². The molecule has 0 rings (SSSR count). The van der Waals surface area contributed by atoms with Crippen molar-refractivity contribution in [2.75, 3.05) is 0 Å². The predicted molar refractivity (Wildman–Crippen MR) is 33.5 cm³/mol. The molecular weight excluding hydrogens is 313 g/mol. The van der Waals surface area contributed by atoms with E-state index in [0.29, 0.717) is 0 Å². The SMILES string of the molecule is O=C(O)C(F)(F)C(F)(F)C(F)(C(F)(F)F)C(F)(F)F. The van der Waals surface area contributed by atoms with E-state index in [1.54, 1.807) is 0 Å². The zero-order chi connectivity index (χ0) is 16.1. The minimum atomic E-state index is -7.73. The van der Waals surface area contributed by atoms with E-state index in [1.165, 1.54) is 0 Å². The Hall–Kier alpha value is -1.30. The fourth-order valence-electron chi connectivity index (χ4n) is 0.867. The first kappa shape index (κ1) is 17.7. The number of rotatable bonds is 3. The summed E-state index contributed by atoms with van der Waals surface area (Å²) in [6, 6.07) is 0. The lowest BCUT2D eigenvalue weighted by Crippen LogP contribution is -2.71. The van der Waals surface area contributed by atoms with Crippen LogP contribution in [0.5, 0.6) is 0 Å². The zero-order valence-electron chi connectivity index (χ0n) is 8.01. The highest BCUT2D eigenvalue weighted by molar-refractivity contribution is 5.77. The number of halogens is 11. The third kappa shape index (κ3) is 2.18. The maximum atomic E-state index is 12.7. The molecule has 0 aromatic heterocycles. The molecule has 0 saturated carbocycles. The second kappa shape index (κ2) is 4.10. The Morgan fingerprint density at radius 2 is 0.947 bits per heavy atom. The number of carbonyl (C=O) groups is 1. The molecule has 1 N–H and O–H groups in total.